The molecule has 0 unspecified atom stereocenters. The Kier molecular flexibility index (Phi) is 4.86. The Morgan fingerprint density at radius 2 is 1.52 bits per heavy atom. The van der Waals surface area contributed by atoms with E-state index in [4.69, 9.17) is 4.98 Å². The highest BCUT2D eigenvalue weighted by Crippen LogP contribution is 2.25. The lowest BCUT2D eigenvalue weighted by Crippen LogP contribution is -2.13. The summed E-state index contributed by atoms with van der Waals surface area (Å²) in [6, 6.07) is 22.8. The van der Waals surface area contributed by atoms with Crippen molar-refractivity contribution in [2.45, 2.75) is 0 Å². The first-order valence-corrected chi connectivity index (χ1v) is 9.77. The minimum Gasteiger partial charge on any atom is -0.319 e. The molecule has 3 aromatic heterocycles. The van der Waals surface area contributed by atoms with E-state index in [-0.39, 0.29) is 5.91 Å². The van der Waals surface area contributed by atoms with Crippen LogP contribution in [0.4, 0.5) is 5.69 Å². The van der Waals surface area contributed by atoms with Crippen LogP contribution in [0.3, 0.4) is 0 Å². The van der Waals surface area contributed by atoms with Crippen molar-refractivity contribution < 1.29 is 4.79 Å². The second-order valence-corrected chi connectivity index (χ2v) is 6.93. The zero-order valence-electron chi connectivity index (χ0n) is 16.4. The molecule has 5 aromatic rings. The van der Waals surface area contributed by atoms with Gasteiger partial charge in [-0.15, -0.1) is 0 Å². The lowest BCUT2D eigenvalue weighted by atomic mass is 10.0. The molecule has 148 valence electrons. The lowest BCUT2D eigenvalue weighted by molar-refractivity contribution is 0.102. The molecule has 6 nitrogen and oxygen atoms in total. The second kappa shape index (κ2) is 8.12. The maximum atomic E-state index is 13.2. The van der Waals surface area contributed by atoms with E-state index in [1.54, 1.807) is 30.9 Å². The van der Waals surface area contributed by atoms with Crippen LogP contribution in [-0.4, -0.2) is 25.8 Å². The second-order valence-electron chi connectivity index (χ2n) is 6.93. The van der Waals surface area contributed by atoms with Crippen molar-refractivity contribution in [3.8, 4) is 22.6 Å². The normalized spacial score (nSPS) is 10.7. The lowest BCUT2D eigenvalue weighted by Gasteiger charge is -2.10. The van der Waals surface area contributed by atoms with E-state index in [0.29, 0.717) is 22.8 Å². The summed E-state index contributed by atoms with van der Waals surface area (Å²) in [6.07, 6.45) is 6.66. The number of amides is 1. The fraction of sp³-hybridized carbons (Fsp3) is 0. The molecule has 0 aliphatic rings. The Bertz CT molecular complexity index is 1350. The van der Waals surface area contributed by atoms with Gasteiger partial charge in [0.05, 0.1) is 34.9 Å². The van der Waals surface area contributed by atoms with Gasteiger partial charge in [-0.2, -0.15) is 0 Å². The number of carbonyl (C=O) groups excluding carboxylic acids is 1. The molecule has 0 radical (unpaired) electrons. The zero-order valence-corrected chi connectivity index (χ0v) is 16.4. The number of para-hydroxylation sites is 1. The average molecular weight is 403 g/mol. The van der Waals surface area contributed by atoms with Gasteiger partial charge in [0.2, 0.25) is 0 Å². The van der Waals surface area contributed by atoms with Crippen LogP contribution in [-0.2, 0) is 0 Å². The first kappa shape index (κ1) is 18.6. The van der Waals surface area contributed by atoms with Crippen LogP contribution in [0.15, 0.2) is 97.6 Å². The Hall–Kier alpha value is -4.45. The average Bonchev–Trinajstić information content (AvgIpc) is 2.85. The van der Waals surface area contributed by atoms with Crippen LogP contribution >= 0.6 is 0 Å². The Labute approximate surface area is 178 Å². The first-order valence-electron chi connectivity index (χ1n) is 9.77. The summed E-state index contributed by atoms with van der Waals surface area (Å²) in [5.41, 5.74) is 4.24. The van der Waals surface area contributed by atoms with Gasteiger partial charge in [-0.3, -0.25) is 9.78 Å². The number of nitrogens with one attached hydrogen (secondary N) is 1. The Morgan fingerprint density at radius 3 is 2.29 bits per heavy atom. The molecule has 0 spiro atoms. The molecule has 0 saturated carbocycles. The van der Waals surface area contributed by atoms with Crippen LogP contribution in [0, 0.1) is 0 Å². The van der Waals surface area contributed by atoms with E-state index >= 15 is 0 Å². The summed E-state index contributed by atoms with van der Waals surface area (Å²) in [4.78, 5) is 30.8. The largest absolute Gasteiger partial charge is 0.319 e. The van der Waals surface area contributed by atoms with Crippen molar-refractivity contribution in [3.63, 3.8) is 0 Å². The monoisotopic (exact) mass is 403 g/mol. The summed E-state index contributed by atoms with van der Waals surface area (Å²) in [5.74, 6) is 0.353. The fourth-order valence-electron chi connectivity index (χ4n) is 3.35. The van der Waals surface area contributed by atoms with E-state index in [9.17, 15) is 4.79 Å². The van der Waals surface area contributed by atoms with Crippen molar-refractivity contribution in [1.82, 2.24) is 19.9 Å². The number of hydrogen-bond acceptors (Lipinski definition) is 5. The summed E-state index contributed by atoms with van der Waals surface area (Å²) in [5, 5.41) is 3.67. The number of pyridine rings is 2. The van der Waals surface area contributed by atoms with Crippen molar-refractivity contribution >= 4 is 22.5 Å². The molecule has 1 amide bonds. The third-order valence-corrected chi connectivity index (χ3v) is 4.86. The fourth-order valence-corrected chi connectivity index (χ4v) is 3.35. The zero-order chi connectivity index (χ0) is 21.0. The van der Waals surface area contributed by atoms with Gasteiger partial charge in [-0.05, 0) is 24.3 Å². The van der Waals surface area contributed by atoms with E-state index < -0.39 is 0 Å². The van der Waals surface area contributed by atoms with E-state index in [0.717, 1.165) is 22.0 Å². The third-order valence-electron chi connectivity index (χ3n) is 4.86. The molecule has 0 bridgehead atoms. The molecule has 0 aliphatic carbocycles. The summed E-state index contributed by atoms with van der Waals surface area (Å²) in [7, 11) is 0. The maximum Gasteiger partial charge on any atom is 0.256 e. The molecule has 1 N–H and O–H groups in total. The Morgan fingerprint density at radius 1 is 0.774 bits per heavy atom. The minimum atomic E-state index is -0.250. The quantitative estimate of drug-likeness (QED) is 0.456. The number of benzene rings is 2. The van der Waals surface area contributed by atoms with Crippen molar-refractivity contribution in [1.29, 1.82) is 0 Å². The van der Waals surface area contributed by atoms with Crippen LogP contribution in [0.2, 0.25) is 0 Å². The van der Waals surface area contributed by atoms with Crippen molar-refractivity contribution in [2.24, 2.45) is 0 Å². The summed E-state index contributed by atoms with van der Waals surface area (Å²) >= 11 is 0. The minimum absolute atomic E-state index is 0.250. The van der Waals surface area contributed by atoms with E-state index in [1.807, 2.05) is 66.7 Å². The number of aromatic nitrogens is 4. The van der Waals surface area contributed by atoms with Gasteiger partial charge in [-0.25, -0.2) is 15.0 Å². The molecule has 0 fully saturated rings. The Balaban J connectivity index is 1.48. The van der Waals surface area contributed by atoms with Gasteiger partial charge < -0.3 is 5.32 Å². The number of hydrogen-bond donors (Lipinski definition) is 1. The number of carbonyl (C=O) groups is 1. The highest BCUT2D eigenvalue weighted by molar-refractivity contribution is 6.13. The standard InChI is InChI=1S/C25H17N5O/c31-25(29-19-15-27-24(28-16-19)17-7-2-1-3-8-17)21-13-23(18-9-6-12-26-14-18)30-22-11-5-4-10-20(21)22/h1-16H,(H,29,31). The third kappa shape index (κ3) is 3.86. The van der Waals surface area contributed by atoms with Crippen LogP contribution in [0.25, 0.3) is 33.5 Å². The highest BCUT2D eigenvalue weighted by Gasteiger charge is 2.15. The molecule has 0 aliphatic heterocycles. The molecule has 6 heteroatoms. The number of anilines is 1. The van der Waals surface area contributed by atoms with E-state index in [2.05, 4.69) is 20.3 Å². The molecule has 2 aromatic carbocycles. The molecule has 5 rings (SSSR count). The molecule has 0 atom stereocenters. The van der Waals surface area contributed by atoms with Crippen molar-refractivity contribution in [2.75, 3.05) is 5.32 Å². The summed E-state index contributed by atoms with van der Waals surface area (Å²) < 4.78 is 0. The maximum absolute atomic E-state index is 13.2. The van der Waals surface area contributed by atoms with Crippen LogP contribution in [0.1, 0.15) is 10.4 Å². The first-order chi connectivity index (χ1) is 15.3. The SMILES string of the molecule is O=C(Nc1cnc(-c2ccccc2)nc1)c1cc(-c2cccnc2)nc2ccccc12. The molecule has 3 heterocycles. The van der Waals surface area contributed by atoms with E-state index in [1.165, 1.54) is 0 Å². The summed E-state index contributed by atoms with van der Waals surface area (Å²) in [6.45, 7) is 0. The van der Waals surface area contributed by atoms with Crippen molar-refractivity contribution in [3.05, 3.63) is 103 Å². The van der Waals surface area contributed by atoms with Gasteiger partial charge in [0.15, 0.2) is 5.82 Å². The van der Waals surface area contributed by atoms with Gasteiger partial charge >= 0.3 is 0 Å². The van der Waals surface area contributed by atoms with Gasteiger partial charge in [0.1, 0.15) is 0 Å². The number of rotatable bonds is 4. The highest BCUT2D eigenvalue weighted by atomic mass is 16.1. The van der Waals surface area contributed by atoms with Crippen LogP contribution < -0.4 is 5.32 Å². The number of nitrogens with zero attached hydrogens (tertiary/aromatic N) is 4. The van der Waals surface area contributed by atoms with Gasteiger partial charge in [-0.1, -0.05) is 48.5 Å². The van der Waals surface area contributed by atoms with Gasteiger partial charge in [0.25, 0.3) is 5.91 Å². The predicted octanol–water partition coefficient (Wildman–Crippen LogP) is 5.01. The molecule has 0 saturated heterocycles. The number of fused-ring (bicyclic) bond motifs is 1. The predicted molar refractivity (Wildman–Crippen MR) is 120 cm³/mol. The molecular weight excluding hydrogens is 386 g/mol. The smallest absolute Gasteiger partial charge is 0.256 e. The molecular formula is C25H17N5O. The topological polar surface area (TPSA) is 80.7 Å². The van der Waals surface area contributed by atoms with Gasteiger partial charge in [0, 0.05) is 28.9 Å². The molecule has 31 heavy (non-hydrogen) atoms. The van der Waals surface area contributed by atoms with Crippen LogP contribution in [0.5, 0.6) is 0 Å².